The lowest BCUT2D eigenvalue weighted by Crippen LogP contribution is -2.59. The molecule has 0 radical (unpaired) electrons. The molecule has 6 heteroatoms. The highest BCUT2D eigenvalue weighted by molar-refractivity contribution is 5.83. The van der Waals surface area contributed by atoms with Crippen LogP contribution in [0.15, 0.2) is 0 Å². The van der Waals surface area contributed by atoms with Gasteiger partial charge in [-0.3, -0.25) is 0 Å². The molecule has 6 nitrogen and oxygen atoms in total. The number of carbonyl (C=O) groups excluding carboxylic acids is 1. The number of amides is 2. The molecule has 1 aliphatic heterocycles. The maximum atomic E-state index is 12.4. The molecule has 1 rings (SSSR count). The number of carboxylic acid groups (broad SMARTS) is 1. The van der Waals surface area contributed by atoms with Gasteiger partial charge in [0.2, 0.25) is 0 Å². The molecule has 0 aromatic carbocycles. The standard InChI is InChI=1S/C14H23N3O3/c1-10(8-15)9-16(4)13(20)17-7-5-6-14(2,3)11(17)12(18)19/h10-11H,5-7,9H2,1-4H3,(H,18,19). The van der Waals surface area contributed by atoms with E-state index in [0.717, 1.165) is 12.8 Å². The molecule has 2 amide bonds. The molecule has 1 saturated heterocycles. The van der Waals surface area contributed by atoms with Gasteiger partial charge in [-0.2, -0.15) is 5.26 Å². The summed E-state index contributed by atoms with van der Waals surface area (Å²) in [5, 5.41) is 18.2. The first-order chi connectivity index (χ1) is 9.20. The molecule has 112 valence electrons. The molecule has 1 N–H and O–H groups in total. The second kappa shape index (κ2) is 6.12. The first-order valence-electron chi connectivity index (χ1n) is 6.85. The van der Waals surface area contributed by atoms with Crippen LogP contribution in [0.4, 0.5) is 4.79 Å². The van der Waals surface area contributed by atoms with Crippen molar-refractivity contribution < 1.29 is 14.7 Å². The maximum Gasteiger partial charge on any atom is 0.327 e. The molecule has 0 aliphatic carbocycles. The lowest BCUT2D eigenvalue weighted by Gasteiger charge is -2.45. The van der Waals surface area contributed by atoms with E-state index in [1.807, 2.05) is 13.8 Å². The van der Waals surface area contributed by atoms with Crippen LogP contribution in [0.5, 0.6) is 0 Å². The number of likely N-dealkylation sites (tertiary alicyclic amines) is 1. The van der Waals surface area contributed by atoms with E-state index in [1.165, 1.54) is 9.80 Å². The Bertz CT molecular complexity index is 428. The van der Waals surface area contributed by atoms with Gasteiger partial charge in [0.1, 0.15) is 6.04 Å². The number of hydrogen-bond donors (Lipinski definition) is 1. The molecule has 0 aromatic heterocycles. The third-order valence-corrected chi connectivity index (χ3v) is 3.85. The minimum atomic E-state index is -0.968. The zero-order valence-corrected chi connectivity index (χ0v) is 12.6. The van der Waals surface area contributed by atoms with Gasteiger partial charge in [-0.25, -0.2) is 9.59 Å². The van der Waals surface area contributed by atoms with Crippen LogP contribution >= 0.6 is 0 Å². The summed E-state index contributed by atoms with van der Waals surface area (Å²) in [5.74, 6) is -1.24. The first-order valence-corrected chi connectivity index (χ1v) is 6.85. The molecule has 20 heavy (non-hydrogen) atoms. The maximum absolute atomic E-state index is 12.4. The van der Waals surface area contributed by atoms with Crippen LogP contribution in [0, 0.1) is 22.7 Å². The van der Waals surface area contributed by atoms with E-state index < -0.39 is 17.4 Å². The van der Waals surface area contributed by atoms with Crippen LogP contribution in [-0.2, 0) is 4.79 Å². The van der Waals surface area contributed by atoms with E-state index in [-0.39, 0.29) is 11.9 Å². The zero-order chi connectivity index (χ0) is 15.5. The molecule has 0 spiro atoms. The summed E-state index contributed by atoms with van der Waals surface area (Å²) in [4.78, 5) is 26.8. The predicted molar refractivity (Wildman–Crippen MR) is 73.9 cm³/mol. The lowest BCUT2D eigenvalue weighted by atomic mass is 9.76. The van der Waals surface area contributed by atoms with Crippen LogP contribution in [0.2, 0.25) is 0 Å². The predicted octanol–water partition coefficient (Wildman–Crippen LogP) is 1.77. The Morgan fingerprint density at radius 3 is 2.65 bits per heavy atom. The van der Waals surface area contributed by atoms with Crippen molar-refractivity contribution in [2.75, 3.05) is 20.1 Å². The first kappa shape index (κ1) is 16.3. The average Bonchev–Trinajstić information content (AvgIpc) is 2.35. The smallest absolute Gasteiger partial charge is 0.327 e. The number of carbonyl (C=O) groups is 2. The van der Waals surface area contributed by atoms with Crippen molar-refractivity contribution in [2.45, 2.75) is 39.7 Å². The Hall–Kier alpha value is -1.77. The fraction of sp³-hybridized carbons (Fsp3) is 0.786. The third-order valence-electron chi connectivity index (χ3n) is 3.85. The van der Waals surface area contributed by atoms with Crippen molar-refractivity contribution in [3.8, 4) is 6.07 Å². The number of carboxylic acids is 1. The summed E-state index contributed by atoms with van der Waals surface area (Å²) in [6, 6.07) is 0.946. The topological polar surface area (TPSA) is 84.6 Å². The third kappa shape index (κ3) is 3.41. The van der Waals surface area contributed by atoms with Gasteiger partial charge in [-0.1, -0.05) is 13.8 Å². The molecule has 1 aliphatic rings. The molecule has 0 bridgehead atoms. The monoisotopic (exact) mass is 281 g/mol. The lowest BCUT2D eigenvalue weighted by molar-refractivity contribution is -0.148. The van der Waals surface area contributed by atoms with Crippen molar-refractivity contribution in [3.05, 3.63) is 0 Å². The van der Waals surface area contributed by atoms with Gasteiger partial charge in [0.05, 0.1) is 12.0 Å². The minimum absolute atomic E-state index is 0.273. The Labute approximate surface area is 120 Å². The summed E-state index contributed by atoms with van der Waals surface area (Å²) < 4.78 is 0. The molecule has 2 atom stereocenters. The van der Waals surface area contributed by atoms with Crippen molar-refractivity contribution in [1.82, 2.24) is 9.80 Å². The van der Waals surface area contributed by atoms with Gasteiger partial charge in [0, 0.05) is 20.1 Å². The van der Waals surface area contributed by atoms with Gasteiger partial charge in [0.15, 0.2) is 0 Å². The van der Waals surface area contributed by atoms with Crippen LogP contribution in [0.25, 0.3) is 0 Å². The van der Waals surface area contributed by atoms with E-state index in [0.29, 0.717) is 13.1 Å². The van der Waals surface area contributed by atoms with Gasteiger partial charge < -0.3 is 14.9 Å². The summed E-state index contributed by atoms with van der Waals surface area (Å²) in [6.07, 6.45) is 1.58. The average molecular weight is 281 g/mol. The van der Waals surface area contributed by atoms with Crippen LogP contribution in [0.3, 0.4) is 0 Å². The number of nitriles is 1. The van der Waals surface area contributed by atoms with Crippen molar-refractivity contribution in [2.24, 2.45) is 11.3 Å². The van der Waals surface area contributed by atoms with Crippen molar-refractivity contribution in [3.63, 3.8) is 0 Å². The molecule has 0 saturated carbocycles. The highest BCUT2D eigenvalue weighted by Crippen LogP contribution is 2.35. The van der Waals surface area contributed by atoms with Crippen molar-refractivity contribution in [1.29, 1.82) is 5.26 Å². The zero-order valence-electron chi connectivity index (χ0n) is 12.6. The van der Waals surface area contributed by atoms with Gasteiger partial charge in [-0.05, 0) is 25.2 Å². The Morgan fingerprint density at radius 2 is 2.15 bits per heavy atom. The minimum Gasteiger partial charge on any atom is -0.480 e. The number of urea groups is 1. The fourth-order valence-corrected chi connectivity index (χ4v) is 2.82. The number of rotatable bonds is 3. The Balaban J connectivity index is 2.89. The summed E-state index contributed by atoms with van der Waals surface area (Å²) >= 11 is 0. The number of nitrogens with zero attached hydrogens (tertiary/aromatic N) is 3. The molecular formula is C14H23N3O3. The van der Waals surface area contributed by atoms with Gasteiger partial charge in [-0.15, -0.1) is 0 Å². The molecule has 2 unspecified atom stereocenters. The fourth-order valence-electron chi connectivity index (χ4n) is 2.82. The number of piperidine rings is 1. The summed E-state index contributed by atoms with van der Waals surface area (Å²) in [7, 11) is 1.61. The Morgan fingerprint density at radius 1 is 1.55 bits per heavy atom. The molecule has 0 aromatic rings. The van der Waals surface area contributed by atoms with E-state index >= 15 is 0 Å². The molecule has 1 fully saturated rings. The molecule has 1 heterocycles. The van der Waals surface area contributed by atoms with E-state index in [4.69, 9.17) is 5.26 Å². The van der Waals surface area contributed by atoms with E-state index in [2.05, 4.69) is 6.07 Å². The van der Waals surface area contributed by atoms with Gasteiger partial charge >= 0.3 is 12.0 Å². The number of hydrogen-bond acceptors (Lipinski definition) is 3. The normalized spacial score (nSPS) is 22.8. The Kier molecular flexibility index (Phi) is 4.98. The van der Waals surface area contributed by atoms with Crippen LogP contribution in [0.1, 0.15) is 33.6 Å². The molecular weight excluding hydrogens is 258 g/mol. The summed E-state index contributed by atoms with van der Waals surface area (Å²) in [6.45, 7) is 6.24. The van der Waals surface area contributed by atoms with E-state index in [9.17, 15) is 14.7 Å². The highest BCUT2D eigenvalue weighted by Gasteiger charge is 2.45. The van der Waals surface area contributed by atoms with Crippen molar-refractivity contribution >= 4 is 12.0 Å². The second-order valence-electron chi connectivity index (χ2n) is 6.22. The number of aliphatic carboxylic acids is 1. The quantitative estimate of drug-likeness (QED) is 0.854. The largest absolute Gasteiger partial charge is 0.480 e. The van der Waals surface area contributed by atoms with Crippen LogP contribution < -0.4 is 0 Å². The van der Waals surface area contributed by atoms with Gasteiger partial charge in [0.25, 0.3) is 0 Å². The van der Waals surface area contributed by atoms with Crippen LogP contribution in [-0.4, -0.2) is 53.1 Å². The second-order valence-corrected chi connectivity index (χ2v) is 6.22. The SMILES string of the molecule is CC(C#N)CN(C)C(=O)N1CCCC(C)(C)C1C(=O)O. The van der Waals surface area contributed by atoms with E-state index in [1.54, 1.807) is 14.0 Å². The highest BCUT2D eigenvalue weighted by atomic mass is 16.4. The summed E-state index contributed by atoms with van der Waals surface area (Å²) in [5.41, 5.74) is -0.443.